The van der Waals surface area contributed by atoms with Crippen LogP contribution in [0.3, 0.4) is 0 Å². The van der Waals surface area contributed by atoms with Crippen molar-refractivity contribution in [3.8, 4) is 17.0 Å². The maximum Gasteiger partial charge on any atom is 0.194 e. The second-order valence-electron chi connectivity index (χ2n) is 4.41. The standard InChI is InChI=1S/C14H14N2OS/c1-10(2)17-12-5-3-11(4-6-12)13-9-16-7-8-18-14(16)15-13/h3-10H,1-2H3. The van der Waals surface area contributed by atoms with Gasteiger partial charge in [-0.1, -0.05) is 0 Å². The molecule has 1 aromatic carbocycles. The number of imidazole rings is 1. The van der Waals surface area contributed by atoms with Crippen molar-refractivity contribution >= 4 is 16.3 Å². The maximum atomic E-state index is 5.63. The Bertz CT molecular complexity index is 623. The quantitative estimate of drug-likeness (QED) is 0.713. The Balaban J connectivity index is 1.90. The molecule has 2 heterocycles. The minimum Gasteiger partial charge on any atom is -0.491 e. The van der Waals surface area contributed by atoms with Crippen LogP contribution in [0.2, 0.25) is 0 Å². The minimum absolute atomic E-state index is 0.203. The topological polar surface area (TPSA) is 26.5 Å². The molecule has 0 aliphatic rings. The first-order valence-corrected chi connectivity index (χ1v) is 6.79. The Morgan fingerprint density at radius 1 is 1.22 bits per heavy atom. The van der Waals surface area contributed by atoms with Crippen LogP contribution in [-0.4, -0.2) is 15.5 Å². The van der Waals surface area contributed by atoms with Gasteiger partial charge in [0.25, 0.3) is 0 Å². The lowest BCUT2D eigenvalue weighted by atomic mass is 10.1. The second-order valence-corrected chi connectivity index (χ2v) is 5.28. The molecular weight excluding hydrogens is 244 g/mol. The van der Waals surface area contributed by atoms with E-state index in [-0.39, 0.29) is 6.10 Å². The molecule has 92 valence electrons. The van der Waals surface area contributed by atoms with Crippen molar-refractivity contribution in [1.29, 1.82) is 0 Å². The van der Waals surface area contributed by atoms with Crippen molar-refractivity contribution < 1.29 is 4.74 Å². The number of ether oxygens (including phenoxy) is 1. The summed E-state index contributed by atoms with van der Waals surface area (Å²) in [6.07, 6.45) is 4.27. The van der Waals surface area contributed by atoms with Gasteiger partial charge in [0.2, 0.25) is 0 Å². The van der Waals surface area contributed by atoms with Gasteiger partial charge in [-0.15, -0.1) is 11.3 Å². The molecule has 4 heteroatoms. The Morgan fingerprint density at radius 3 is 2.67 bits per heavy atom. The van der Waals surface area contributed by atoms with Crippen LogP contribution < -0.4 is 4.74 Å². The summed E-state index contributed by atoms with van der Waals surface area (Å²) in [7, 11) is 0. The van der Waals surface area contributed by atoms with Gasteiger partial charge >= 0.3 is 0 Å². The van der Waals surface area contributed by atoms with Crippen molar-refractivity contribution in [2.75, 3.05) is 0 Å². The molecule has 0 aliphatic heterocycles. The molecule has 0 aliphatic carbocycles. The van der Waals surface area contributed by atoms with E-state index in [1.165, 1.54) is 0 Å². The molecule has 0 saturated heterocycles. The van der Waals surface area contributed by atoms with Gasteiger partial charge in [-0.05, 0) is 38.1 Å². The number of hydrogen-bond acceptors (Lipinski definition) is 3. The molecule has 3 nitrogen and oxygen atoms in total. The first-order valence-electron chi connectivity index (χ1n) is 5.91. The van der Waals surface area contributed by atoms with Crippen molar-refractivity contribution in [3.63, 3.8) is 0 Å². The van der Waals surface area contributed by atoms with Gasteiger partial charge in [-0.25, -0.2) is 4.98 Å². The third kappa shape index (κ3) is 2.11. The summed E-state index contributed by atoms with van der Waals surface area (Å²) < 4.78 is 7.67. The molecule has 0 N–H and O–H groups in total. The van der Waals surface area contributed by atoms with Gasteiger partial charge in [-0.2, -0.15) is 0 Å². The van der Waals surface area contributed by atoms with Crippen molar-refractivity contribution in [2.45, 2.75) is 20.0 Å². The van der Waals surface area contributed by atoms with Gasteiger partial charge in [0.15, 0.2) is 4.96 Å². The normalized spacial score (nSPS) is 11.3. The van der Waals surface area contributed by atoms with Crippen LogP contribution in [0.25, 0.3) is 16.2 Å². The van der Waals surface area contributed by atoms with Crippen LogP contribution in [0, 0.1) is 0 Å². The molecule has 18 heavy (non-hydrogen) atoms. The van der Waals surface area contributed by atoms with Crippen LogP contribution in [0.5, 0.6) is 5.75 Å². The highest BCUT2D eigenvalue weighted by Crippen LogP contribution is 2.24. The van der Waals surface area contributed by atoms with Crippen LogP contribution in [0.4, 0.5) is 0 Å². The third-order valence-electron chi connectivity index (χ3n) is 2.62. The summed E-state index contributed by atoms with van der Waals surface area (Å²) in [5.41, 5.74) is 2.11. The van der Waals surface area contributed by atoms with E-state index >= 15 is 0 Å². The zero-order chi connectivity index (χ0) is 12.5. The van der Waals surface area contributed by atoms with Crippen molar-refractivity contribution in [2.24, 2.45) is 0 Å². The van der Waals surface area contributed by atoms with Crippen LogP contribution in [0.1, 0.15) is 13.8 Å². The maximum absolute atomic E-state index is 5.63. The SMILES string of the molecule is CC(C)Oc1ccc(-c2cn3ccsc3n2)cc1. The van der Waals surface area contributed by atoms with Gasteiger partial charge in [0.1, 0.15) is 5.75 Å². The van der Waals surface area contributed by atoms with Crippen molar-refractivity contribution in [1.82, 2.24) is 9.38 Å². The molecule has 0 unspecified atom stereocenters. The monoisotopic (exact) mass is 258 g/mol. The molecule has 0 radical (unpaired) electrons. The molecule has 0 bridgehead atoms. The smallest absolute Gasteiger partial charge is 0.194 e. The summed E-state index contributed by atoms with van der Waals surface area (Å²) >= 11 is 1.64. The molecule has 2 aromatic heterocycles. The zero-order valence-electron chi connectivity index (χ0n) is 10.3. The second kappa shape index (κ2) is 4.46. The Kier molecular flexibility index (Phi) is 2.80. The van der Waals surface area contributed by atoms with E-state index in [4.69, 9.17) is 4.74 Å². The Labute approximate surface area is 110 Å². The van der Waals surface area contributed by atoms with E-state index in [2.05, 4.69) is 4.98 Å². The predicted octanol–water partition coefficient (Wildman–Crippen LogP) is 3.85. The number of aromatic nitrogens is 2. The highest BCUT2D eigenvalue weighted by atomic mass is 32.1. The van der Waals surface area contributed by atoms with E-state index in [0.29, 0.717) is 0 Å². The first-order chi connectivity index (χ1) is 8.72. The number of hydrogen-bond donors (Lipinski definition) is 0. The molecule has 0 atom stereocenters. The first kappa shape index (κ1) is 11.3. The number of fused-ring (bicyclic) bond motifs is 1. The molecule has 3 rings (SSSR count). The summed E-state index contributed by atoms with van der Waals surface area (Å²) in [5.74, 6) is 0.898. The summed E-state index contributed by atoms with van der Waals surface area (Å²) in [6, 6.07) is 8.07. The molecule has 0 fully saturated rings. The average molecular weight is 258 g/mol. The number of nitrogens with zero attached hydrogens (tertiary/aromatic N) is 2. The van der Waals surface area contributed by atoms with Gasteiger partial charge in [-0.3, -0.25) is 4.40 Å². The van der Waals surface area contributed by atoms with E-state index in [1.54, 1.807) is 11.3 Å². The summed E-state index contributed by atoms with van der Waals surface area (Å²) in [6.45, 7) is 4.05. The number of rotatable bonds is 3. The molecule has 0 amide bonds. The van der Waals surface area contributed by atoms with Crippen LogP contribution in [0.15, 0.2) is 42.0 Å². The van der Waals surface area contributed by atoms with Crippen LogP contribution in [-0.2, 0) is 0 Å². The lowest BCUT2D eigenvalue weighted by Crippen LogP contribution is -2.05. The number of thiazole rings is 1. The highest BCUT2D eigenvalue weighted by molar-refractivity contribution is 7.15. The predicted molar refractivity (Wildman–Crippen MR) is 74.3 cm³/mol. The van der Waals surface area contributed by atoms with Crippen molar-refractivity contribution in [3.05, 3.63) is 42.0 Å². The fourth-order valence-corrected chi connectivity index (χ4v) is 2.54. The van der Waals surface area contributed by atoms with Gasteiger partial charge in [0.05, 0.1) is 11.8 Å². The summed E-state index contributed by atoms with van der Waals surface area (Å²) in [5, 5.41) is 2.03. The molecule has 0 saturated carbocycles. The fourth-order valence-electron chi connectivity index (χ4n) is 1.84. The van der Waals surface area contributed by atoms with Gasteiger partial charge < -0.3 is 4.74 Å². The molecule has 0 spiro atoms. The van der Waals surface area contributed by atoms with E-state index in [9.17, 15) is 0 Å². The third-order valence-corrected chi connectivity index (χ3v) is 3.39. The lowest BCUT2D eigenvalue weighted by Gasteiger charge is -2.09. The average Bonchev–Trinajstić information content (AvgIpc) is 2.89. The minimum atomic E-state index is 0.203. The lowest BCUT2D eigenvalue weighted by molar-refractivity contribution is 0.242. The van der Waals surface area contributed by atoms with E-state index in [1.807, 2.05) is 60.3 Å². The zero-order valence-corrected chi connectivity index (χ0v) is 11.1. The fraction of sp³-hybridized carbons (Fsp3) is 0.214. The molecular formula is C14H14N2OS. The largest absolute Gasteiger partial charge is 0.491 e. The van der Waals surface area contributed by atoms with Gasteiger partial charge in [0, 0.05) is 23.3 Å². The highest BCUT2D eigenvalue weighted by Gasteiger charge is 2.05. The van der Waals surface area contributed by atoms with E-state index in [0.717, 1.165) is 22.0 Å². The summed E-state index contributed by atoms with van der Waals surface area (Å²) in [4.78, 5) is 5.60. The Hall–Kier alpha value is -1.81. The van der Waals surface area contributed by atoms with Crippen LogP contribution >= 0.6 is 11.3 Å². The number of benzene rings is 1. The Morgan fingerprint density at radius 2 is 2.00 bits per heavy atom. The molecule has 3 aromatic rings. The van der Waals surface area contributed by atoms with E-state index < -0.39 is 0 Å².